The summed E-state index contributed by atoms with van der Waals surface area (Å²) in [4.78, 5) is 11.0. The zero-order valence-electron chi connectivity index (χ0n) is 8.03. The van der Waals surface area contributed by atoms with Crippen LogP contribution in [0.4, 0.5) is 0 Å². The van der Waals surface area contributed by atoms with Crippen LogP contribution >= 0.6 is 11.8 Å². The molecule has 0 aromatic heterocycles. The first-order chi connectivity index (χ1) is 6.16. The fraction of sp³-hybridized carbons (Fsp3) is 0.889. The molecule has 0 aromatic carbocycles. The van der Waals surface area contributed by atoms with Gasteiger partial charge in [-0.25, -0.2) is 0 Å². The lowest BCUT2D eigenvalue weighted by atomic mass is 9.90. The molecule has 0 radical (unpaired) electrons. The number of cyclic esters (lactones) is 1. The van der Waals surface area contributed by atoms with Gasteiger partial charge in [-0.3, -0.25) is 4.79 Å². The quantitative estimate of drug-likeness (QED) is 0.534. The third-order valence-corrected chi connectivity index (χ3v) is 3.21. The molecule has 1 saturated heterocycles. The minimum Gasteiger partial charge on any atom is -0.461 e. The molecule has 0 aromatic rings. The lowest BCUT2D eigenvalue weighted by molar-refractivity contribution is -0.187. The second-order valence-electron chi connectivity index (χ2n) is 3.55. The average Bonchev–Trinajstić information content (AvgIpc) is 2.07. The minimum absolute atomic E-state index is 0.0524. The van der Waals surface area contributed by atoms with Gasteiger partial charge in [-0.2, -0.15) is 11.8 Å². The van der Waals surface area contributed by atoms with Crippen LogP contribution in [0.3, 0.4) is 0 Å². The molecule has 2 atom stereocenters. The Bertz CT molecular complexity index is 182. The largest absolute Gasteiger partial charge is 0.461 e. The van der Waals surface area contributed by atoms with Crippen LogP contribution in [0.2, 0.25) is 0 Å². The van der Waals surface area contributed by atoms with Gasteiger partial charge >= 0.3 is 5.97 Å². The summed E-state index contributed by atoms with van der Waals surface area (Å²) in [6.07, 6.45) is 0.0960. The summed E-state index contributed by atoms with van der Waals surface area (Å²) >= 11 is 1.61. The average molecular weight is 204 g/mol. The maximum atomic E-state index is 11.0. The van der Waals surface area contributed by atoms with Gasteiger partial charge in [0.25, 0.3) is 0 Å². The van der Waals surface area contributed by atoms with Gasteiger partial charge in [-0.05, 0) is 5.92 Å². The normalized spacial score (nSPS) is 27.2. The van der Waals surface area contributed by atoms with Crippen LogP contribution < -0.4 is 0 Å². The van der Waals surface area contributed by atoms with Gasteiger partial charge in [0.15, 0.2) is 0 Å². The van der Waals surface area contributed by atoms with E-state index in [1.54, 1.807) is 11.8 Å². The molecule has 0 aliphatic carbocycles. The highest BCUT2D eigenvalue weighted by atomic mass is 32.2. The summed E-state index contributed by atoms with van der Waals surface area (Å²) in [6, 6.07) is 0. The Morgan fingerprint density at radius 1 is 1.62 bits per heavy atom. The Morgan fingerprint density at radius 2 is 2.31 bits per heavy atom. The topological polar surface area (TPSA) is 46.5 Å². The summed E-state index contributed by atoms with van der Waals surface area (Å²) in [6.45, 7) is 4.29. The molecule has 1 aliphatic heterocycles. The van der Waals surface area contributed by atoms with Gasteiger partial charge in [-0.1, -0.05) is 13.8 Å². The number of carbonyl (C=O) groups excluding carboxylic acids is 1. The Morgan fingerprint density at radius 3 is 2.77 bits per heavy atom. The molecule has 0 bridgehead atoms. The van der Waals surface area contributed by atoms with Crippen molar-refractivity contribution >= 4 is 17.7 Å². The summed E-state index contributed by atoms with van der Waals surface area (Å²) < 4.78 is 5.03. The Hall–Kier alpha value is -0.220. The van der Waals surface area contributed by atoms with Gasteiger partial charge in [0.1, 0.15) is 12.0 Å². The number of aliphatic hydroxyl groups is 1. The van der Waals surface area contributed by atoms with Crippen LogP contribution in [-0.4, -0.2) is 35.3 Å². The molecule has 13 heavy (non-hydrogen) atoms. The maximum absolute atomic E-state index is 11.0. The Labute approximate surface area is 82.8 Å². The number of ether oxygens (including phenoxy) is 1. The number of esters is 1. The molecular formula is C9H16O3S. The molecule has 0 saturated carbocycles. The smallest absolute Gasteiger partial charge is 0.313 e. The first-order valence-electron chi connectivity index (χ1n) is 4.56. The lowest BCUT2D eigenvalue weighted by Gasteiger charge is -2.37. The van der Waals surface area contributed by atoms with Crippen molar-refractivity contribution in [3.05, 3.63) is 0 Å². The monoisotopic (exact) mass is 204 g/mol. The van der Waals surface area contributed by atoms with Gasteiger partial charge in [-0.15, -0.1) is 0 Å². The summed E-state index contributed by atoms with van der Waals surface area (Å²) in [7, 11) is 0. The molecule has 1 fully saturated rings. The number of hydrogen-bond acceptors (Lipinski definition) is 4. The molecular weight excluding hydrogens is 188 g/mol. The summed E-state index contributed by atoms with van der Waals surface area (Å²) in [5.41, 5.74) is 0. The summed E-state index contributed by atoms with van der Waals surface area (Å²) in [5.74, 6) is 1.86. The van der Waals surface area contributed by atoms with E-state index in [0.717, 1.165) is 5.75 Å². The van der Waals surface area contributed by atoms with E-state index in [1.807, 2.05) is 0 Å². The van der Waals surface area contributed by atoms with Crippen molar-refractivity contribution in [2.24, 2.45) is 11.8 Å². The third-order valence-electron chi connectivity index (χ3n) is 2.14. The second-order valence-corrected chi connectivity index (χ2v) is 4.70. The lowest BCUT2D eigenvalue weighted by Crippen LogP contribution is -2.49. The molecule has 1 heterocycles. The van der Waals surface area contributed by atoms with Crippen molar-refractivity contribution in [1.29, 1.82) is 0 Å². The number of hydrogen-bond donors (Lipinski definition) is 1. The minimum atomic E-state index is -0.0795. The van der Waals surface area contributed by atoms with E-state index in [0.29, 0.717) is 11.7 Å². The Kier molecular flexibility index (Phi) is 4.06. The SMILES string of the molecule is CC(C)[C@@H]1OC(=O)[C@H]1CSCCO. The first kappa shape index (κ1) is 10.9. The number of rotatable bonds is 5. The molecule has 0 amide bonds. The molecule has 1 rings (SSSR count). The number of aliphatic hydroxyl groups excluding tert-OH is 1. The van der Waals surface area contributed by atoms with Crippen LogP contribution in [0, 0.1) is 11.8 Å². The zero-order valence-corrected chi connectivity index (χ0v) is 8.84. The number of carbonyl (C=O) groups is 1. The first-order valence-corrected chi connectivity index (χ1v) is 5.71. The van der Waals surface area contributed by atoms with Gasteiger partial charge in [0.2, 0.25) is 0 Å². The van der Waals surface area contributed by atoms with E-state index >= 15 is 0 Å². The van der Waals surface area contributed by atoms with Crippen molar-refractivity contribution < 1.29 is 14.6 Å². The van der Waals surface area contributed by atoms with E-state index in [9.17, 15) is 4.79 Å². The van der Waals surface area contributed by atoms with E-state index in [2.05, 4.69) is 13.8 Å². The van der Waals surface area contributed by atoms with Crippen molar-refractivity contribution in [2.75, 3.05) is 18.1 Å². The highest BCUT2D eigenvalue weighted by Gasteiger charge is 2.43. The van der Waals surface area contributed by atoms with Crippen LogP contribution in [0.15, 0.2) is 0 Å². The third kappa shape index (κ3) is 2.61. The highest BCUT2D eigenvalue weighted by Crippen LogP contribution is 2.30. The predicted octanol–water partition coefficient (Wildman–Crippen LogP) is 0.909. The van der Waals surface area contributed by atoms with Crippen LogP contribution in [0.5, 0.6) is 0 Å². The highest BCUT2D eigenvalue weighted by molar-refractivity contribution is 7.99. The van der Waals surface area contributed by atoms with E-state index in [-0.39, 0.29) is 24.6 Å². The molecule has 1 N–H and O–H groups in total. The molecule has 1 aliphatic rings. The van der Waals surface area contributed by atoms with Gasteiger partial charge < -0.3 is 9.84 Å². The maximum Gasteiger partial charge on any atom is 0.313 e. The van der Waals surface area contributed by atoms with Crippen molar-refractivity contribution in [2.45, 2.75) is 20.0 Å². The summed E-state index contributed by atoms with van der Waals surface area (Å²) in [5, 5.41) is 8.57. The Balaban J connectivity index is 2.26. The molecule has 76 valence electrons. The van der Waals surface area contributed by atoms with Crippen LogP contribution in [0.25, 0.3) is 0 Å². The van der Waals surface area contributed by atoms with E-state index in [1.165, 1.54) is 0 Å². The fourth-order valence-corrected chi connectivity index (χ4v) is 2.28. The fourth-order valence-electron chi connectivity index (χ4n) is 1.40. The standard InChI is InChI=1S/C9H16O3S/c1-6(2)8-7(9(11)12-8)5-13-4-3-10/h6-8,10H,3-5H2,1-2H3/t7-,8-/m0/s1. The number of thioether (sulfide) groups is 1. The second kappa shape index (κ2) is 4.86. The molecule has 4 heteroatoms. The van der Waals surface area contributed by atoms with E-state index < -0.39 is 0 Å². The van der Waals surface area contributed by atoms with Crippen LogP contribution in [-0.2, 0) is 9.53 Å². The van der Waals surface area contributed by atoms with Crippen LogP contribution in [0.1, 0.15) is 13.8 Å². The zero-order chi connectivity index (χ0) is 9.84. The van der Waals surface area contributed by atoms with Crippen molar-refractivity contribution in [3.8, 4) is 0 Å². The predicted molar refractivity (Wildman–Crippen MR) is 52.6 cm³/mol. The van der Waals surface area contributed by atoms with Gasteiger partial charge in [0, 0.05) is 11.5 Å². The van der Waals surface area contributed by atoms with Crippen molar-refractivity contribution in [1.82, 2.24) is 0 Å². The van der Waals surface area contributed by atoms with E-state index in [4.69, 9.17) is 9.84 Å². The van der Waals surface area contributed by atoms with Crippen molar-refractivity contribution in [3.63, 3.8) is 0 Å². The molecule has 0 spiro atoms. The molecule has 0 unspecified atom stereocenters. The van der Waals surface area contributed by atoms with Gasteiger partial charge in [0.05, 0.1) is 6.61 Å². The molecule has 3 nitrogen and oxygen atoms in total.